The van der Waals surface area contributed by atoms with Crippen LogP contribution in [-0.2, 0) is 9.53 Å². The Hall–Kier alpha value is -3.16. The number of hydrogen-bond acceptors (Lipinski definition) is 4. The van der Waals surface area contributed by atoms with Crippen LogP contribution in [0.5, 0.6) is 0 Å². The van der Waals surface area contributed by atoms with Crippen molar-refractivity contribution in [1.82, 2.24) is 4.90 Å². The summed E-state index contributed by atoms with van der Waals surface area (Å²) in [6, 6.07) is 8.45. The molecule has 0 aromatic heterocycles. The van der Waals surface area contributed by atoms with E-state index >= 15 is 0 Å². The van der Waals surface area contributed by atoms with Gasteiger partial charge in [0.2, 0.25) is 0 Å². The molecule has 0 N–H and O–H groups in total. The fraction of sp³-hybridized carbons (Fsp3) is 0.500. The van der Waals surface area contributed by atoms with E-state index in [4.69, 9.17) is 9.73 Å². The summed E-state index contributed by atoms with van der Waals surface area (Å²) in [5.41, 5.74) is 0.441. The van der Waals surface area contributed by atoms with Gasteiger partial charge in [-0.1, -0.05) is 32.9 Å². The molecule has 1 spiro atoms. The van der Waals surface area contributed by atoms with Crippen molar-refractivity contribution in [3.63, 3.8) is 0 Å². The molecule has 1 aliphatic heterocycles. The molecule has 0 saturated heterocycles. The molecular weight excluding hydrogens is 493 g/mol. The lowest BCUT2D eigenvalue weighted by Crippen LogP contribution is -2.52. The minimum Gasteiger partial charge on any atom is -0.465 e. The van der Waals surface area contributed by atoms with Crippen LogP contribution in [0.2, 0.25) is 0 Å². The Morgan fingerprint density at radius 2 is 1.61 bits per heavy atom. The maximum Gasteiger partial charge on any atom is 0.337 e. The number of ether oxygens (including phenoxy) is 1. The molecule has 2 aromatic rings. The predicted octanol–water partition coefficient (Wildman–Crippen LogP) is 6.61. The molecule has 5 nitrogen and oxygen atoms in total. The maximum absolute atomic E-state index is 14.2. The summed E-state index contributed by atoms with van der Waals surface area (Å²) >= 11 is 0. The predicted molar refractivity (Wildman–Crippen MR) is 137 cm³/mol. The van der Waals surface area contributed by atoms with Crippen molar-refractivity contribution in [2.24, 2.45) is 22.2 Å². The van der Waals surface area contributed by atoms with Crippen LogP contribution in [0.4, 0.5) is 13.2 Å². The molecule has 5 rings (SSSR count). The van der Waals surface area contributed by atoms with E-state index in [0.29, 0.717) is 24.3 Å². The summed E-state index contributed by atoms with van der Waals surface area (Å²) in [5.74, 6) is -4.47. The molecule has 202 valence electrons. The third-order valence-corrected chi connectivity index (χ3v) is 8.48. The molecule has 2 fully saturated rings. The summed E-state index contributed by atoms with van der Waals surface area (Å²) in [5, 5.41) is 0. The number of aliphatic imine (C=N–C) groups is 1. The number of carbonyl (C=O) groups is 2. The maximum atomic E-state index is 14.2. The number of hydrogen-bond donors (Lipinski definition) is 0. The van der Waals surface area contributed by atoms with Gasteiger partial charge in [-0.25, -0.2) is 18.0 Å². The minimum absolute atomic E-state index is 0.0335. The van der Waals surface area contributed by atoms with Crippen molar-refractivity contribution in [3.8, 4) is 0 Å². The molecule has 38 heavy (non-hydrogen) atoms. The molecule has 3 aliphatic rings. The first-order valence-corrected chi connectivity index (χ1v) is 13.2. The van der Waals surface area contributed by atoms with Crippen molar-refractivity contribution in [3.05, 3.63) is 70.5 Å². The van der Waals surface area contributed by atoms with Gasteiger partial charge in [0, 0.05) is 5.56 Å². The molecule has 2 aromatic carbocycles. The average Bonchev–Trinajstić information content (AvgIpc) is 3.69. The molecular formula is C30H33F3N2O3. The quantitative estimate of drug-likeness (QED) is 0.326. The Bertz CT molecular complexity index is 1260. The Morgan fingerprint density at radius 3 is 2.11 bits per heavy atom. The molecule has 1 heterocycles. The Balaban J connectivity index is 1.58. The van der Waals surface area contributed by atoms with E-state index in [1.807, 2.05) is 17.0 Å². The van der Waals surface area contributed by atoms with E-state index < -0.39 is 35.0 Å². The Morgan fingerprint density at radius 1 is 1.03 bits per heavy atom. The smallest absolute Gasteiger partial charge is 0.337 e. The van der Waals surface area contributed by atoms with Gasteiger partial charge in [-0.3, -0.25) is 9.79 Å². The Labute approximate surface area is 221 Å². The highest BCUT2D eigenvalue weighted by molar-refractivity contribution is 6.46. The van der Waals surface area contributed by atoms with Gasteiger partial charge >= 0.3 is 5.97 Å². The van der Waals surface area contributed by atoms with Crippen LogP contribution in [0.15, 0.2) is 41.4 Å². The topological polar surface area (TPSA) is 59.0 Å². The van der Waals surface area contributed by atoms with Gasteiger partial charge in [-0.2, -0.15) is 0 Å². The van der Waals surface area contributed by atoms with E-state index in [1.54, 1.807) is 12.1 Å². The van der Waals surface area contributed by atoms with Gasteiger partial charge in [-0.05, 0) is 85.6 Å². The summed E-state index contributed by atoms with van der Waals surface area (Å²) in [6.07, 6.45) is 4.83. The highest BCUT2D eigenvalue weighted by Gasteiger charge is 2.55. The van der Waals surface area contributed by atoms with Gasteiger partial charge in [0.05, 0.1) is 18.7 Å². The monoisotopic (exact) mass is 526 g/mol. The molecule has 1 amide bonds. The summed E-state index contributed by atoms with van der Waals surface area (Å²) in [4.78, 5) is 32.8. The first kappa shape index (κ1) is 26.4. The van der Waals surface area contributed by atoms with Crippen LogP contribution >= 0.6 is 0 Å². The van der Waals surface area contributed by atoms with Gasteiger partial charge in [0.15, 0.2) is 17.5 Å². The molecule has 2 saturated carbocycles. The minimum atomic E-state index is -1.57. The number of amides is 1. The zero-order valence-electron chi connectivity index (χ0n) is 22.2. The first-order valence-electron chi connectivity index (χ1n) is 13.2. The normalized spacial score (nSPS) is 24.5. The number of rotatable bonds is 5. The SMILES string of the molecule is COC(=O)c1ccc(C(C2CC2)N2C(=O)C(c3cc(F)c(F)c(F)c3)=NC23CCC(C(C)(C)C)CC3)cc1. The average molecular weight is 527 g/mol. The highest BCUT2D eigenvalue weighted by atomic mass is 19.2. The largest absolute Gasteiger partial charge is 0.465 e. The fourth-order valence-electron chi connectivity index (χ4n) is 6.16. The number of methoxy groups -OCH3 is 1. The highest BCUT2D eigenvalue weighted by Crippen LogP contribution is 2.54. The molecule has 0 radical (unpaired) electrons. The van der Waals surface area contributed by atoms with Crippen LogP contribution in [0.25, 0.3) is 0 Å². The fourth-order valence-corrected chi connectivity index (χ4v) is 6.16. The van der Waals surface area contributed by atoms with Crippen LogP contribution < -0.4 is 0 Å². The van der Waals surface area contributed by atoms with E-state index in [1.165, 1.54) is 7.11 Å². The summed E-state index contributed by atoms with van der Waals surface area (Å²) in [7, 11) is 1.32. The lowest BCUT2D eigenvalue weighted by atomic mass is 9.69. The van der Waals surface area contributed by atoms with E-state index in [9.17, 15) is 22.8 Å². The van der Waals surface area contributed by atoms with Crippen molar-refractivity contribution in [2.75, 3.05) is 7.11 Å². The van der Waals surface area contributed by atoms with Crippen LogP contribution in [-0.4, -0.2) is 35.3 Å². The number of benzene rings is 2. The van der Waals surface area contributed by atoms with E-state index in [2.05, 4.69) is 20.8 Å². The van der Waals surface area contributed by atoms with Crippen molar-refractivity contribution >= 4 is 17.6 Å². The number of halogens is 3. The van der Waals surface area contributed by atoms with Gasteiger partial charge in [-0.15, -0.1) is 0 Å². The van der Waals surface area contributed by atoms with Crippen LogP contribution in [0, 0.1) is 34.7 Å². The zero-order chi connectivity index (χ0) is 27.4. The second-order valence-corrected chi connectivity index (χ2v) is 11.9. The molecule has 1 atom stereocenters. The standard InChI is InChI=1S/C30H33F3N2O3/c1-29(2,3)21-11-13-30(14-12-21)34-25(20-15-22(31)24(33)23(32)16-20)27(36)35(30)26(17-5-6-17)18-7-9-19(10-8-18)28(37)38-4/h7-10,15-17,21,26H,5-6,11-14H2,1-4H3. The zero-order valence-corrected chi connectivity index (χ0v) is 22.2. The molecule has 8 heteroatoms. The second kappa shape index (κ2) is 9.54. The van der Waals surface area contributed by atoms with Gasteiger partial charge < -0.3 is 9.64 Å². The summed E-state index contributed by atoms with van der Waals surface area (Å²) < 4.78 is 46.9. The molecule has 1 unspecified atom stereocenters. The van der Waals surface area contributed by atoms with Crippen molar-refractivity contribution < 1.29 is 27.5 Å². The van der Waals surface area contributed by atoms with Crippen LogP contribution in [0.3, 0.4) is 0 Å². The number of nitrogens with zero attached hydrogens (tertiary/aromatic N) is 2. The second-order valence-electron chi connectivity index (χ2n) is 11.9. The third kappa shape index (κ3) is 4.63. The van der Waals surface area contributed by atoms with Gasteiger partial charge in [0.1, 0.15) is 11.4 Å². The molecule has 0 bridgehead atoms. The number of carbonyl (C=O) groups excluding carboxylic acids is 2. The van der Waals surface area contributed by atoms with Crippen molar-refractivity contribution in [1.29, 1.82) is 0 Å². The lowest BCUT2D eigenvalue weighted by Gasteiger charge is -2.47. The molecule has 2 aliphatic carbocycles. The lowest BCUT2D eigenvalue weighted by molar-refractivity contribution is -0.134. The number of esters is 1. The first-order chi connectivity index (χ1) is 17.9. The van der Waals surface area contributed by atoms with Gasteiger partial charge in [0.25, 0.3) is 5.91 Å². The Kier molecular flexibility index (Phi) is 6.64. The van der Waals surface area contributed by atoms with Crippen LogP contribution in [0.1, 0.15) is 86.8 Å². The van der Waals surface area contributed by atoms with Crippen molar-refractivity contribution in [2.45, 2.75) is 71.0 Å². The van der Waals surface area contributed by atoms with E-state index in [-0.39, 0.29) is 28.6 Å². The van der Waals surface area contributed by atoms with E-state index in [0.717, 1.165) is 43.4 Å². The summed E-state index contributed by atoms with van der Waals surface area (Å²) in [6.45, 7) is 6.63. The third-order valence-electron chi connectivity index (χ3n) is 8.48.